The van der Waals surface area contributed by atoms with Crippen LogP contribution in [0.1, 0.15) is 29.7 Å². The molecule has 25 heavy (non-hydrogen) atoms. The van der Waals surface area contributed by atoms with Gasteiger partial charge in [0.25, 0.3) is 5.91 Å². The van der Waals surface area contributed by atoms with E-state index < -0.39 is 0 Å². The Morgan fingerprint density at radius 2 is 2.16 bits per heavy atom. The molecule has 7 nitrogen and oxygen atoms in total. The summed E-state index contributed by atoms with van der Waals surface area (Å²) in [6.07, 6.45) is 3.51. The summed E-state index contributed by atoms with van der Waals surface area (Å²) in [5, 5.41) is 4.38. The van der Waals surface area contributed by atoms with Gasteiger partial charge in [-0.2, -0.15) is 0 Å². The van der Waals surface area contributed by atoms with E-state index in [0.29, 0.717) is 13.2 Å². The smallest absolute Gasteiger partial charge is 0.251 e. The van der Waals surface area contributed by atoms with Crippen LogP contribution in [0.2, 0.25) is 0 Å². The highest BCUT2D eigenvalue weighted by Gasteiger charge is 2.30. The first-order valence-electron chi connectivity index (χ1n) is 9.02. The van der Waals surface area contributed by atoms with E-state index in [1.54, 1.807) is 11.3 Å². The van der Waals surface area contributed by atoms with E-state index in [9.17, 15) is 4.79 Å². The monoisotopic (exact) mass is 365 g/mol. The first-order valence-corrected chi connectivity index (χ1v) is 9.84. The molecule has 0 spiro atoms. The van der Waals surface area contributed by atoms with Crippen molar-refractivity contribution in [3.05, 3.63) is 16.1 Å². The number of aryl methyl sites for hydroxylation is 1. The van der Waals surface area contributed by atoms with Crippen molar-refractivity contribution in [1.82, 2.24) is 20.1 Å². The summed E-state index contributed by atoms with van der Waals surface area (Å²) >= 11 is 1.68. The van der Waals surface area contributed by atoms with Gasteiger partial charge in [-0.3, -0.25) is 4.79 Å². The van der Waals surface area contributed by atoms with Crippen molar-refractivity contribution < 1.29 is 9.53 Å². The molecule has 1 unspecified atom stereocenters. The number of aromatic nitrogens is 1. The number of thiazole rings is 1. The number of piperazine rings is 1. The molecule has 0 radical (unpaired) electrons. The minimum Gasteiger partial charge on any atom is -0.368 e. The third-order valence-corrected chi connectivity index (χ3v) is 5.36. The lowest BCUT2D eigenvalue weighted by molar-refractivity contribution is -0.142. The molecule has 2 fully saturated rings. The van der Waals surface area contributed by atoms with Crippen LogP contribution in [0.3, 0.4) is 0 Å². The number of nitrogens with one attached hydrogen (secondary N) is 1. The molecule has 0 saturated carbocycles. The van der Waals surface area contributed by atoms with Crippen LogP contribution >= 0.6 is 11.3 Å². The van der Waals surface area contributed by atoms with Gasteiger partial charge in [0.05, 0.1) is 6.54 Å². The molecule has 3 heterocycles. The molecule has 2 aliphatic heterocycles. The highest BCUT2D eigenvalue weighted by atomic mass is 32.1. The number of nitrogens with zero attached hydrogens (tertiary/aromatic N) is 4. The number of ether oxygens (including phenoxy) is 1. The minimum absolute atomic E-state index is 0.150. The van der Waals surface area contributed by atoms with Gasteiger partial charge in [0.15, 0.2) is 5.96 Å². The maximum Gasteiger partial charge on any atom is 0.251 e. The Morgan fingerprint density at radius 3 is 2.76 bits per heavy atom. The average Bonchev–Trinajstić information content (AvgIpc) is 3.30. The molecule has 2 aliphatic rings. The van der Waals surface area contributed by atoms with E-state index in [1.165, 1.54) is 4.88 Å². The van der Waals surface area contributed by atoms with E-state index in [2.05, 4.69) is 29.0 Å². The maximum absolute atomic E-state index is 12.4. The number of hydrogen-bond acceptors (Lipinski definition) is 5. The lowest BCUT2D eigenvalue weighted by Gasteiger charge is -2.37. The molecule has 1 aromatic rings. The molecule has 1 N–H and O–H groups in total. The van der Waals surface area contributed by atoms with E-state index >= 15 is 0 Å². The SMILES string of the molecule is CCNC(=NCc1ncc(C)s1)N1CCN(C(=O)C2CCCO2)CC1. The Morgan fingerprint density at radius 1 is 1.40 bits per heavy atom. The normalized spacial score (nSPS) is 21.7. The highest BCUT2D eigenvalue weighted by molar-refractivity contribution is 7.11. The van der Waals surface area contributed by atoms with Crippen molar-refractivity contribution in [3.8, 4) is 0 Å². The average molecular weight is 366 g/mol. The van der Waals surface area contributed by atoms with Crippen LogP contribution in [0.25, 0.3) is 0 Å². The summed E-state index contributed by atoms with van der Waals surface area (Å²) in [5.74, 6) is 1.05. The molecule has 3 rings (SSSR count). The van der Waals surface area contributed by atoms with Crippen LogP contribution in [-0.2, 0) is 16.1 Å². The largest absolute Gasteiger partial charge is 0.368 e. The number of aliphatic imine (C=N–C) groups is 1. The molecular formula is C17H27N5O2S. The molecule has 8 heteroatoms. The van der Waals surface area contributed by atoms with Crippen molar-refractivity contribution in [2.45, 2.75) is 39.3 Å². The zero-order valence-corrected chi connectivity index (χ0v) is 15.8. The number of carbonyl (C=O) groups is 1. The Balaban J connectivity index is 1.55. The second kappa shape index (κ2) is 8.62. The molecule has 1 amide bonds. The predicted octanol–water partition coefficient (Wildman–Crippen LogP) is 1.24. The predicted molar refractivity (Wildman–Crippen MR) is 98.8 cm³/mol. The lowest BCUT2D eigenvalue weighted by Crippen LogP contribution is -2.55. The maximum atomic E-state index is 12.4. The molecular weight excluding hydrogens is 338 g/mol. The van der Waals surface area contributed by atoms with Crippen LogP contribution in [0.5, 0.6) is 0 Å². The second-order valence-corrected chi connectivity index (χ2v) is 7.67. The number of hydrogen-bond donors (Lipinski definition) is 1. The Bertz CT molecular complexity index is 604. The fraction of sp³-hybridized carbons (Fsp3) is 0.706. The summed E-state index contributed by atoms with van der Waals surface area (Å²) in [4.78, 5) is 26.9. The summed E-state index contributed by atoms with van der Waals surface area (Å²) in [5.41, 5.74) is 0. The second-order valence-electron chi connectivity index (χ2n) is 6.35. The van der Waals surface area contributed by atoms with Crippen LogP contribution in [-0.4, -0.2) is 72.1 Å². The van der Waals surface area contributed by atoms with E-state index in [0.717, 1.165) is 56.5 Å². The van der Waals surface area contributed by atoms with Crippen molar-refractivity contribution in [2.24, 2.45) is 4.99 Å². The number of carbonyl (C=O) groups excluding carboxylic acids is 1. The number of rotatable bonds is 4. The van der Waals surface area contributed by atoms with Crippen LogP contribution < -0.4 is 5.32 Å². The van der Waals surface area contributed by atoms with Gasteiger partial charge in [0.1, 0.15) is 11.1 Å². The van der Waals surface area contributed by atoms with Crippen molar-refractivity contribution >= 4 is 23.2 Å². The van der Waals surface area contributed by atoms with E-state index in [-0.39, 0.29) is 12.0 Å². The molecule has 1 aromatic heterocycles. The Labute approximate surface area is 153 Å². The topological polar surface area (TPSA) is 70.1 Å². The van der Waals surface area contributed by atoms with Crippen molar-refractivity contribution in [3.63, 3.8) is 0 Å². The van der Waals surface area contributed by atoms with Crippen molar-refractivity contribution in [2.75, 3.05) is 39.3 Å². The third-order valence-electron chi connectivity index (χ3n) is 4.46. The Kier molecular flexibility index (Phi) is 6.25. The summed E-state index contributed by atoms with van der Waals surface area (Å²) in [7, 11) is 0. The molecule has 1 atom stereocenters. The van der Waals surface area contributed by atoms with Gasteiger partial charge in [-0.15, -0.1) is 11.3 Å². The number of amides is 1. The first kappa shape index (κ1) is 18.1. The summed E-state index contributed by atoms with van der Waals surface area (Å²) in [6, 6.07) is 0. The van der Waals surface area contributed by atoms with E-state index in [4.69, 9.17) is 9.73 Å². The molecule has 0 aliphatic carbocycles. The zero-order valence-electron chi connectivity index (χ0n) is 15.0. The van der Waals surface area contributed by atoms with E-state index in [1.807, 2.05) is 11.1 Å². The van der Waals surface area contributed by atoms with Gasteiger partial charge in [-0.1, -0.05) is 0 Å². The molecule has 0 bridgehead atoms. The minimum atomic E-state index is -0.221. The highest BCUT2D eigenvalue weighted by Crippen LogP contribution is 2.16. The van der Waals surface area contributed by atoms with Crippen molar-refractivity contribution in [1.29, 1.82) is 0 Å². The molecule has 138 valence electrons. The first-order chi connectivity index (χ1) is 12.2. The number of guanidine groups is 1. The van der Waals surface area contributed by atoms with Gasteiger partial charge in [0, 0.05) is 50.4 Å². The summed E-state index contributed by atoms with van der Waals surface area (Å²) < 4.78 is 5.52. The quantitative estimate of drug-likeness (QED) is 0.642. The van der Waals surface area contributed by atoms with Crippen LogP contribution in [0.15, 0.2) is 11.2 Å². The Hall–Kier alpha value is -1.67. The lowest BCUT2D eigenvalue weighted by atomic mass is 10.2. The van der Waals surface area contributed by atoms with Crippen LogP contribution in [0, 0.1) is 6.92 Å². The van der Waals surface area contributed by atoms with Gasteiger partial charge in [-0.25, -0.2) is 9.98 Å². The third kappa shape index (κ3) is 4.70. The fourth-order valence-electron chi connectivity index (χ4n) is 3.16. The van der Waals surface area contributed by atoms with Gasteiger partial charge in [-0.05, 0) is 26.7 Å². The zero-order chi connectivity index (χ0) is 17.6. The summed E-state index contributed by atoms with van der Waals surface area (Å²) in [6.45, 7) is 9.28. The van der Waals surface area contributed by atoms with Crippen LogP contribution in [0.4, 0.5) is 0 Å². The van der Waals surface area contributed by atoms with Gasteiger partial charge >= 0.3 is 0 Å². The molecule has 0 aromatic carbocycles. The fourth-order valence-corrected chi connectivity index (χ4v) is 3.87. The molecule has 2 saturated heterocycles. The van der Waals surface area contributed by atoms with Gasteiger partial charge < -0.3 is 19.9 Å². The van der Waals surface area contributed by atoms with Gasteiger partial charge in [0.2, 0.25) is 0 Å². The standard InChI is InChI=1S/C17H27N5O2S/c1-3-18-17(20-12-15-19-11-13(2)25-15)22-8-6-21(7-9-22)16(23)14-5-4-10-24-14/h11,14H,3-10,12H2,1-2H3,(H,18,20).